The summed E-state index contributed by atoms with van der Waals surface area (Å²) in [7, 11) is 0. The molecular weight excluding hydrogens is 188 g/mol. The molecule has 0 aliphatic heterocycles. The van der Waals surface area contributed by atoms with Crippen LogP contribution in [0.2, 0.25) is 0 Å². The molecular formula is C12H12N2O. The predicted octanol–water partition coefficient (Wildman–Crippen LogP) is 2.80. The molecule has 3 nitrogen and oxygen atoms in total. The van der Waals surface area contributed by atoms with Crippen LogP contribution in [0.1, 0.15) is 24.3 Å². The van der Waals surface area contributed by atoms with Crippen LogP contribution in [-0.4, -0.2) is 10.2 Å². The maximum atomic E-state index is 5.35. The average Bonchev–Trinajstić information content (AvgIpc) is 2.76. The van der Waals surface area contributed by atoms with Crippen molar-refractivity contribution in [3.8, 4) is 0 Å². The number of hydrogen-bond donors (Lipinski definition) is 0. The topological polar surface area (TPSA) is 38.9 Å². The molecule has 1 aromatic heterocycles. The van der Waals surface area contributed by atoms with Crippen LogP contribution in [0.15, 0.2) is 34.7 Å². The maximum absolute atomic E-state index is 5.35. The van der Waals surface area contributed by atoms with Gasteiger partial charge in [-0.15, -0.1) is 10.2 Å². The summed E-state index contributed by atoms with van der Waals surface area (Å²) in [5.41, 5.74) is 1.12. The fourth-order valence-corrected chi connectivity index (χ4v) is 1.21. The van der Waals surface area contributed by atoms with Gasteiger partial charge in [0.1, 0.15) is 0 Å². The summed E-state index contributed by atoms with van der Waals surface area (Å²) >= 11 is 0. The van der Waals surface area contributed by atoms with Crippen molar-refractivity contribution in [2.24, 2.45) is 0 Å². The lowest BCUT2D eigenvalue weighted by Crippen LogP contribution is -1.76. The Hall–Kier alpha value is -1.90. The summed E-state index contributed by atoms with van der Waals surface area (Å²) in [6, 6.07) is 10.0. The van der Waals surface area contributed by atoms with Gasteiger partial charge in [-0.25, -0.2) is 0 Å². The first kappa shape index (κ1) is 9.65. The normalized spacial score (nSPS) is 11.0. The SMILES string of the molecule is CCc1nnc(C=Cc2ccccc2)o1. The molecule has 1 heterocycles. The second-order valence-electron chi connectivity index (χ2n) is 3.13. The molecule has 0 bridgehead atoms. The third-order valence-electron chi connectivity index (χ3n) is 2.00. The molecule has 0 aliphatic carbocycles. The first-order valence-electron chi connectivity index (χ1n) is 4.94. The van der Waals surface area contributed by atoms with Crippen LogP contribution in [0.3, 0.4) is 0 Å². The molecule has 0 fully saturated rings. The highest BCUT2D eigenvalue weighted by Gasteiger charge is 1.98. The van der Waals surface area contributed by atoms with E-state index in [2.05, 4.69) is 10.2 Å². The molecule has 0 N–H and O–H groups in total. The van der Waals surface area contributed by atoms with Crippen molar-refractivity contribution in [3.05, 3.63) is 47.7 Å². The maximum Gasteiger partial charge on any atom is 0.240 e. The van der Waals surface area contributed by atoms with E-state index >= 15 is 0 Å². The first-order chi connectivity index (χ1) is 7.38. The number of aryl methyl sites for hydroxylation is 1. The molecule has 0 saturated heterocycles. The third kappa shape index (κ3) is 2.53. The zero-order valence-electron chi connectivity index (χ0n) is 8.55. The molecule has 2 aromatic rings. The lowest BCUT2D eigenvalue weighted by molar-refractivity contribution is 0.492. The Kier molecular flexibility index (Phi) is 2.93. The molecule has 0 aliphatic rings. The van der Waals surface area contributed by atoms with E-state index < -0.39 is 0 Å². The van der Waals surface area contributed by atoms with Crippen LogP contribution in [-0.2, 0) is 6.42 Å². The van der Waals surface area contributed by atoms with Gasteiger partial charge in [0.05, 0.1) is 0 Å². The van der Waals surface area contributed by atoms with Crippen LogP contribution in [0, 0.1) is 0 Å². The third-order valence-corrected chi connectivity index (χ3v) is 2.00. The van der Waals surface area contributed by atoms with Crippen molar-refractivity contribution in [2.75, 3.05) is 0 Å². The lowest BCUT2D eigenvalue weighted by Gasteiger charge is -1.88. The molecule has 0 amide bonds. The molecule has 2 rings (SSSR count). The fourth-order valence-electron chi connectivity index (χ4n) is 1.21. The summed E-state index contributed by atoms with van der Waals surface area (Å²) in [6.07, 6.45) is 4.54. The van der Waals surface area contributed by atoms with E-state index in [1.807, 2.05) is 49.4 Å². The number of nitrogens with zero attached hydrogens (tertiary/aromatic N) is 2. The highest BCUT2D eigenvalue weighted by atomic mass is 16.4. The Morgan fingerprint density at radius 2 is 1.93 bits per heavy atom. The second-order valence-corrected chi connectivity index (χ2v) is 3.13. The van der Waals surface area contributed by atoms with E-state index in [0.29, 0.717) is 11.8 Å². The Morgan fingerprint density at radius 3 is 2.60 bits per heavy atom. The zero-order chi connectivity index (χ0) is 10.5. The molecule has 15 heavy (non-hydrogen) atoms. The Bertz CT molecular complexity index is 446. The van der Waals surface area contributed by atoms with Gasteiger partial charge in [0, 0.05) is 12.5 Å². The van der Waals surface area contributed by atoms with E-state index in [9.17, 15) is 0 Å². The van der Waals surface area contributed by atoms with Crippen molar-refractivity contribution < 1.29 is 4.42 Å². The minimum atomic E-state index is 0.552. The number of aromatic nitrogens is 2. The Labute approximate surface area is 88.5 Å². The van der Waals surface area contributed by atoms with E-state index in [-0.39, 0.29) is 0 Å². The molecule has 0 unspecified atom stereocenters. The van der Waals surface area contributed by atoms with Crippen molar-refractivity contribution in [1.29, 1.82) is 0 Å². The van der Waals surface area contributed by atoms with E-state index in [0.717, 1.165) is 12.0 Å². The van der Waals surface area contributed by atoms with Crippen LogP contribution in [0.25, 0.3) is 12.2 Å². The molecule has 0 saturated carbocycles. The molecule has 76 valence electrons. The van der Waals surface area contributed by atoms with Gasteiger partial charge in [0.2, 0.25) is 11.8 Å². The van der Waals surface area contributed by atoms with Crippen molar-refractivity contribution >= 4 is 12.2 Å². The monoisotopic (exact) mass is 200 g/mol. The van der Waals surface area contributed by atoms with Crippen molar-refractivity contribution in [3.63, 3.8) is 0 Å². The lowest BCUT2D eigenvalue weighted by atomic mass is 10.2. The van der Waals surface area contributed by atoms with Crippen LogP contribution in [0.5, 0.6) is 0 Å². The average molecular weight is 200 g/mol. The Morgan fingerprint density at radius 1 is 1.13 bits per heavy atom. The highest BCUT2D eigenvalue weighted by Crippen LogP contribution is 2.07. The van der Waals surface area contributed by atoms with E-state index in [1.54, 1.807) is 0 Å². The van der Waals surface area contributed by atoms with Crippen LogP contribution >= 0.6 is 0 Å². The summed E-state index contributed by atoms with van der Waals surface area (Å²) < 4.78 is 5.35. The first-order valence-corrected chi connectivity index (χ1v) is 4.94. The van der Waals surface area contributed by atoms with E-state index in [1.165, 1.54) is 0 Å². The van der Waals surface area contributed by atoms with Gasteiger partial charge in [-0.2, -0.15) is 0 Å². The quantitative estimate of drug-likeness (QED) is 0.764. The summed E-state index contributed by atoms with van der Waals surface area (Å²) in [6.45, 7) is 1.98. The van der Waals surface area contributed by atoms with Gasteiger partial charge in [0.25, 0.3) is 0 Å². The molecule has 0 spiro atoms. The van der Waals surface area contributed by atoms with E-state index in [4.69, 9.17) is 4.42 Å². The standard InChI is InChI=1S/C12H12N2O/c1-2-11-13-14-12(15-11)9-8-10-6-4-3-5-7-10/h3-9H,2H2,1H3. The van der Waals surface area contributed by atoms with Gasteiger partial charge >= 0.3 is 0 Å². The van der Waals surface area contributed by atoms with Crippen molar-refractivity contribution in [1.82, 2.24) is 10.2 Å². The van der Waals surface area contributed by atoms with Crippen molar-refractivity contribution in [2.45, 2.75) is 13.3 Å². The highest BCUT2D eigenvalue weighted by molar-refractivity contribution is 5.65. The second kappa shape index (κ2) is 4.55. The largest absolute Gasteiger partial charge is 0.421 e. The predicted molar refractivity (Wildman–Crippen MR) is 59.0 cm³/mol. The molecule has 0 radical (unpaired) electrons. The van der Waals surface area contributed by atoms with Gasteiger partial charge < -0.3 is 4.42 Å². The van der Waals surface area contributed by atoms with Gasteiger partial charge in [-0.3, -0.25) is 0 Å². The van der Waals surface area contributed by atoms with Crippen LogP contribution in [0.4, 0.5) is 0 Å². The fraction of sp³-hybridized carbons (Fsp3) is 0.167. The summed E-state index contributed by atoms with van der Waals surface area (Å²) in [5, 5.41) is 7.78. The van der Waals surface area contributed by atoms with Crippen LogP contribution < -0.4 is 0 Å². The minimum Gasteiger partial charge on any atom is -0.421 e. The van der Waals surface area contributed by atoms with Gasteiger partial charge in [-0.05, 0) is 11.6 Å². The summed E-state index contributed by atoms with van der Waals surface area (Å²) in [4.78, 5) is 0. The number of rotatable bonds is 3. The zero-order valence-corrected chi connectivity index (χ0v) is 8.55. The smallest absolute Gasteiger partial charge is 0.240 e. The van der Waals surface area contributed by atoms with Gasteiger partial charge in [-0.1, -0.05) is 37.3 Å². The molecule has 0 atom stereocenters. The molecule has 3 heteroatoms. The minimum absolute atomic E-state index is 0.552. The number of benzene rings is 1. The molecule has 1 aromatic carbocycles. The Balaban J connectivity index is 2.11. The van der Waals surface area contributed by atoms with Gasteiger partial charge in [0.15, 0.2) is 0 Å². The summed E-state index contributed by atoms with van der Waals surface area (Å²) in [5.74, 6) is 1.22. The number of hydrogen-bond acceptors (Lipinski definition) is 3.